The fraction of sp³-hybridized carbons (Fsp3) is 0.200. The fourth-order valence-corrected chi connectivity index (χ4v) is 2.17. The Morgan fingerprint density at radius 3 is 2.79 bits per heavy atom. The van der Waals surface area contributed by atoms with Gasteiger partial charge in [-0.1, -0.05) is 0 Å². The Bertz CT molecular complexity index is 884. The predicted octanol–water partition coefficient (Wildman–Crippen LogP) is 3.03. The maximum absolute atomic E-state index is 12.7. The van der Waals surface area contributed by atoms with Crippen LogP contribution in [0.4, 0.5) is 19.0 Å². The Balaban J connectivity index is 1.77. The number of nitrogens with zero attached hydrogens (tertiary/aromatic N) is 4. The molecule has 0 bridgehead atoms. The van der Waals surface area contributed by atoms with Crippen LogP contribution in [0.25, 0.3) is 11.0 Å². The van der Waals surface area contributed by atoms with Gasteiger partial charge in [-0.05, 0) is 17.7 Å². The highest BCUT2D eigenvalue weighted by Gasteiger charge is 2.32. The summed E-state index contributed by atoms with van der Waals surface area (Å²) < 4.78 is 38.1. The van der Waals surface area contributed by atoms with E-state index < -0.39 is 11.9 Å². The molecular weight excluding hydrogens is 321 g/mol. The van der Waals surface area contributed by atoms with Crippen LogP contribution in [0.1, 0.15) is 17.0 Å². The van der Waals surface area contributed by atoms with Crippen LogP contribution in [0.2, 0.25) is 0 Å². The summed E-state index contributed by atoms with van der Waals surface area (Å²) in [5, 5.41) is 3.48. The molecule has 3 aromatic rings. The van der Waals surface area contributed by atoms with E-state index in [4.69, 9.17) is 0 Å². The monoisotopic (exact) mass is 334 g/mol. The minimum absolute atomic E-state index is 0.203. The molecule has 6 nitrogen and oxygen atoms in total. The Kier molecular flexibility index (Phi) is 4.15. The lowest BCUT2D eigenvalue weighted by molar-refractivity contribution is -0.140. The van der Waals surface area contributed by atoms with E-state index in [1.54, 1.807) is 25.4 Å². The van der Waals surface area contributed by atoms with Crippen molar-refractivity contribution in [3.05, 3.63) is 47.7 Å². The molecule has 3 rings (SSSR count). The lowest BCUT2D eigenvalue weighted by Gasteiger charge is -2.05. The van der Waals surface area contributed by atoms with E-state index in [9.17, 15) is 13.2 Å². The van der Waals surface area contributed by atoms with Gasteiger partial charge >= 0.3 is 6.18 Å². The van der Waals surface area contributed by atoms with E-state index in [0.717, 1.165) is 11.6 Å². The van der Waals surface area contributed by atoms with Gasteiger partial charge in [-0.2, -0.15) is 13.2 Å². The van der Waals surface area contributed by atoms with Crippen molar-refractivity contribution in [2.24, 2.45) is 4.99 Å². The maximum Gasteiger partial charge on any atom is 0.431 e. The number of halogens is 3. The number of hydrogen-bond donors (Lipinski definition) is 2. The molecule has 3 heterocycles. The van der Waals surface area contributed by atoms with Crippen molar-refractivity contribution in [3.8, 4) is 0 Å². The normalized spacial score (nSPS) is 12.2. The van der Waals surface area contributed by atoms with Crippen LogP contribution in [0.15, 0.2) is 35.7 Å². The Morgan fingerprint density at radius 2 is 2.04 bits per heavy atom. The predicted molar refractivity (Wildman–Crippen MR) is 84.0 cm³/mol. The van der Waals surface area contributed by atoms with Crippen molar-refractivity contribution in [3.63, 3.8) is 0 Å². The first-order valence-electron chi connectivity index (χ1n) is 6.98. The molecule has 0 fully saturated rings. The molecule has 0 aliphatic rings. The van der Waals surface area contributed by atoms with E-state index in [1.165, 1.54) is 12.5 Å². The lowest BCUT2D eigenvalue weighted by atomic mass is 10.2. The zero-order valence-electron chi connectivity index (χ0n) is 12.6. The molecule has 2 N–H and O–H groups in total. The largest absolute Gasteiger partial charge is 0.431 e. The number of fused-ring (bicyclic) bond motifs is 1. The number of aromatic amines is 1. The molecule has 24 heavy (non-hydrogen) atoms. The van der Waals surface area contributed by atoms with Gasteiger partial charge in [0.05, 0.1) is 5.69 Å². The van der Waals surface area contributed by atoms with Crippen LogP contribution in [0, 0.1) is 0 Å². The average Bonchev–Trinajstić information content (AvgIpc) is 2.97. The SMILES string of the molecule is CN=Cc1cc(NCc2cnc3[nH]c(C(F)(F)F)cc3c2)ncn1. The number of anilines is 1. The first-order chi connectivity index (χ1) is 11.5. The van der Waals surface area contributed by atoms with Crippen LogP contribution >= 0.6 is 0 Å². The van der Waals surface area contributed by atoms with E-state index in [-0.39, 0.29) is 5.65 Å². The molecule has 0 saturated heterocycles. The quantitative estimate of drug-likeness (QED) is 0.719. The second-order valence-corrected chi connectivity index (χ2v) is 5.03. The summed E-state index contributed by atoms with van der Waals surface area (Å²) in [6.07, 6.45) is 0.0976. The van der Waals surface area contributed by atoms with E-state index >= 15 is 0 Å². The first kappa shape index (κ1) is 15.9. The summed E-state index contributed by atoms with van der Waals surface area (Å²) in [7, 11) is 1.64. The number of H-pyrrole nitrogens is 1. The number of pyridine rings is 1. The Labute approximate surface area is 134 Å². The summed E-state index contributed by atoms with van der Waals surface area (Å²) in [5.74, 6) is 0.588. The third-order valence-electron chi connectivity index (χ3n) is 3.26. The topological polar surface area (TPSA) is 78.9 Å². The molecule has 0 amide bonds. The summed E-state index contributed by atoms with van der Waals surface area (Å²) in [6, 6.07) is 4.42. The number of rotatable bonds is 4. The van der Waals surface area contributed by atoms with Crippen LogP contribution in [-0.4, -0.2) is 33.2 Å². The minimum Gasteiger partial charge on any atom is -0.366 e. The molecule has 0 radical (unpaired) electrons. The van der Waals surface area contributed by atoms with Gasteiger partial charge in [-0.15, -0.1) is 0 Å². The summed E-state index contributed by atoms with van der Waals surface area (Å²) in [4.78, 5) is 18.3. The van der Waals surface area contributed by atoms with Gasteiger partial charge in [-0.25, -0.2) is 15.0 Å². The number of hydrogen-bond acceptors (Lipinski definition) is 5. The molecule has 0 aliphatic heterocycles. The molecule has 0 spiro atoms. The molecular formula is C15H13F3N6. The van der Waals surface area contributed by atoms with Crippen molar-refractivity contribution in [2.45, 2.75) is 12.7 Å². The highest BCUT2D eigenvalue weighted by molar-refractivity contribution is 5.78. The van der Waals surface area contributed by atoms with Gasteiger partial charge in [0, 0.05) is 37.5 Å². The average molecular weight is 334 g/mol. The molecule has 3 aromatic heterocycles. The van der Waals surface area contributed by atoms with Crippen molar-refractivity contribution in [1.29, 1.82) is 0 Å². The number of nitrogens with one attached hydrogen (secondary N) is 2. The molecule has 0 unspecified atom stereocenters. The van der Waals surface area contributed by atoms with Gasteiger partial charge in [0.15, 0.2) is 0 Å². The zero-order chi connectivity index (χ0) is 17.2. The van der Waals surface area contributed by atoms with Crippen molar-refractivity contribution in [1.82, 2.24) is 19.9 Å². The van der Waals surface area contributed by atoms with Crippen LogP contribution in [0.3, 0.4) is 0 Å². The molecule has 9 heteroatoms. The molecule has 0 aliphatic carbocycles. The van der Waals surface area contributed by atoms with E-state index in [2.05, 4.69) is 30.2 Å². The number of aliphatic imine (C=N–C) groups is 1. The van der Waals surface area contributed by atoms with Gasteiger partial charge < -0.3 is 10.3 Å². The second kappa shape index (κ2) is 6.26. The maximum atomic E-state index is 12.7. The third kappa shape index (κ3) is 3.50. The minimum atomic E-state index is -4.42. The lowest BCUT2D eigenvalue weighted by Crippen LogP contribution is -2.04. The van der Waals surface area contributed by atoms with Crippen LogP contribution in [-0.2, 0) is 12.7 Å². The molecule has 0 saturated carbocycles. The van der Waals surface area contributed by atoms with Gasteiger partial charge in [0.1, 0.15) is 23.5 Å². The zero-order valence-corrected chi connectivity index (χ0v) is 12.6. The van der Waals surface area contributed by atoms with Gasteiger partial charge in [0.25, 0.3) is 0 Å². The molecule has 0 atom stereocenters. The standard InChI is InChI=1S/C15H13F3N6/c1-19-7-11-4-13(23-8-22-11)20-5-9-2-10-3-12(15(16,17)18)24-14(10)21-6-9/h2-4,6-8H,5H2,1H3,(H,21,24)(H,20,22,23). The van der Waals surface area contributed by atoms with Crippen LogP contribution < -0.4 is 5.32 Å². The van der Waals surface area contributed by atoms with Crippen molar-refractivity contribution in [2.75, 3.05) is 12.4 Å². The number of alkyl halides is 3. The molecule has 124 valence electrons. The summed E-state index contributed by atoms with van der Waals surface area (Å²) in [5.41, 5.74) is 0.785. The van der Waals surface area contributed by atoms with E-state index in [0.29, 0.717) is 23.4 Å². The number of aromatic nitrogens is 4. The Morgan fingerprint density at radius 1 is 1.21 bits per heavy atom. The third-order valence-corrected chi connectivity index (χ3v) is 3.26. The highest BCUT2D eigenvalue weighted by Crippen LogP contribution is 2.30. The van der Waals surface area contributed by atoms with Gasteiger partial charge in [-0.3, -0.25) is 4.99 Å². The van der Waals surface area contributed by atoms with Crippen LogP contribution in [0.5, 0.6) is 0 Å². The molecule has 0 aromatic carbocycles. The first-order valence-corrected chi connectivity index (χ1v) is 6.98. The van der Waals surface area contributed by atoms with E-state index in [1.807, 2.05) is 0 Å². The summed E-state index contributed by atoms with van der Waals surface area (Å²) >= 11 is 0. The Hall–Kier alpha value is -2.97. The smallest absolute Gasteiger partial charge is 0.366 e. The summed E-state index contributed by atoms with van der Waals surface area (Å²) in [6.45, 7) is 0.370. The van der Waals surface area contributed by atoms with Crippen molar-refractivity contribution < 1.29 is 13.2 Å². The van der Waals surface area contributed by atoms with Crippen molar-refractivity contribution >= 4 is 23.1 Å². The second-order valence-electron chi connectivity index (χ2n) is 5.03. The fourth-order valence-electron chi connectivity index (χ4n) is 2.17. The highest BCUT2D eigenvalue weighted by atomic mass is 19.4. The van der Waals surface area contributed by atoms with Gasteiger partial charge in [0.2, 0.25) is 0 Å².